The summed E-state index contributed by atoms with van der Waals surface area (Å²) in [6, 6.07) is 23.5. The molecule has 7 nitrogen and oxygen atoms in total. The van der Waals surface area contributed by atoms with Crippen molar-refractivity contribution < 1.29 is 19.4 Å². The molecule has 0 aliphatic carbocycles. The van der Waals surface area contributed by atoms with Crippen LogP contribution in [0.4, 0.5) is 5.69 Å². The first kappa shape index (κ1) is 24.9. The Bertz CT molecular complexity index is 1210. The number of aliphatic hydroxyl groups is 1. The molecule has 1 aromatic heterocycles. The van der Waals surface area contributed by atoms with Gasteiger partial charge in [0, 0.05) is 37.9 Å². The molecule has 1 amide bonds. The quantitative estimate of drug-likeness (QED) is 0.469. The van der Waals surface area contributed by atoms with E-state index in [9.17, 15) is 9.59 Å². The Labute approximate surface area is 211 Å². The molecular formula is C29H29N3O4. The average Bonchev–Trinajstić information content (AvgIpc) is 2.94. The van der Waals surface area contributed by atoms with Crippen molar-refractivity contribution in [1.29, 1.82) is 0 Å². The van der Waals surface area contributed by atoms with E-state index in [-0.39, 0.29) is 11.7 Å². The Morgan fingerprint density at radius 3 is 2.17 bits per heavy atom. The molecule has 0 radical (unpaired) electrons. The molecular weight excluding hydrogens is 454 g/mol. The number of rotatable bonds is 9. The highest BCUT2D eigenvalue weighted by Gasteiger charge is 2.20. The van der Waals surface area contributed by atoms with Crippen LogP contribution in [0.2, 0.25) is 0 Å². The molecule has 0 saturated carbocycles. The summed E-state index contributed by atoms with van der Waals surface area (Å²) in [5.74, 6) is 0.381. The summed E-state index contributed by atoms with van der Waals surface area (Å²) in [5, 5.41) is 8.80. The highest BCUT2D eigenvalue weighted by molar-refractivity contribution is 5.94. The maximum Gasteiger partial charge on any atom is 0.246 e. The van der Waals surface area contributed by atoms with Gasteiger partial charge in [0.05, 0.1) is 11.4 Å². The van der Waals surface area contributed by atoms with Crippen molar-refractivity contribution in [2.45, 2.75) is 6.61 Å². The van der Waals surface area contributed by atoms with E-state index in [4.69, 9.17) is 9.84 Å². The number of nitrogens with zero attached hydrogens (tertiary/aromatic N) is 3. The third kappa shape index (κ3) is 7.13. The normalized spacial score (nSPS) is 13.9. The van der Waals surface area contributed by atoms with Gasteiger partial charge in [-0.1, -0.05) is 36.4 Å². The number of hydrogen-bond donors (Lipinski definition) is 1. The molecule has 36 heavy (non-hydrogen) atoms. The van der Waals surface area contributed by atoms with Gasteiger partial charge in [0.25, 0.3) is 0 Å². The number of carbonyl (C=O) groups is 2. The average molecular weight is 484 g/mol. The monoisotopic (exact) mass is 483 g/mol. The van der Waals surface area contributed by atoms with Gasteiger partial charge in [-0.2, -0.15) is 0 Å². The lowest BCUT2D eigenvalue weighted by Crippen LogP contribution is -2.48. The van der Waals surface area contributed by atoms with E-state index in [0.29, 0.717) is 31.1 Å². The van der Waals surface area contributed by atoms with E-state index in [1.54, 1.807) is 30.4 Å². The zero-order valence-electron chi connectivity index (χ0n) is 20.0. The number of carbonyl (C=O) groups excluding carboxylic acids is 2. The fourth-order valence-electron chi connectivity index (χ4n) is 3.83. The highest BCUT2D eigenvalue weighted by atomic mass is 16.5. The zero-order chi connectivity index (χ0) is 25.2. The van der Waals surface area contributed by atoms with E-state index in [1.807, 2.05) is 47.4 Å². The van der Waals surface area contributed by atoms with Crippen molar-refractivity contribution in [3.8, 4) is 5.75 Å². The van der Waals surface area contributed by atoms with Crippen LogP contribution in [0.5, 0.6) is 5.75 Å². The Hall–Kier alpha value is -4.23. The lowest BCUT2D eigenvalue weighted by molar-refractivity contribution is -0.126. The van der Waals surface area contributed by atoms with Gasteiger partial charge in [-0.05, 0) is 60.2 Å². The summed E-state index contributed by atoms with van der Waals surface area (Å²) >= 11 is 0. The van der Waals surface area contributed by atoms with Crippen LogP contribution in [0, 0.1) is 0 Å². The van der Waals surface area contributed by atoms with E-state index in [0.717, 1.165) is 30.1 Å². The largest absolute Gasteiger partial charge is 0.489 e. The molecule has 0 unspecified atom stereocenters. The van der Waals surface area contributed by atoms with E-state index in [1.165, 1.54) is 12.2 Å². The number of benzene rings is 2. The summed E-state index contributed by atoms with van der Waals surface area (Å²) in [6.45, 7) is 2.77. The zero-order valence-corrected chi connectivity index (χ0v) is 20.0. The predicted octanol–water partition coefficient (Wildman–Crippen LogP) is 3.60. The fourth-order valence-corrected chi connectivity index (χ4v) is 3.83. The molecule has 1 saturated heterocycles. The van der Waals surface area contributed by atoms with Crippen molar-refractivity contribution in [1.82, 2.24) is 9.88 Å². The first-order chi connectivity index (χ1) is 17.6. The Balaban J connectivity index is 1.26. The third-order valence-electron chi connectivity index (χ3n) is 5.83. The van der Waals surface area contributed by atoms with Gasteiger partial charge in [0.1, 0.15) is 19.0 Å². The van der Waals surface area contributed by atoms with Crippen molar-refractivity contribution in [3.05, 3.63) is 102 Å². The van der Waals surface area contributed by atoms with Crippen LogP contribution in [0.25, 0.3) is 12.2 Å². The number of amides is 1. The molecule has 7 heteroatoms. The minimum absolute atomic E-state index is 0.0579. The van der Waals surface area contributed by atoms with E-state index >= 15 is 0 Å². The lowest BCUT2D eigenvalue weighted by Gasteiger charge is -2.35. The van der Waals surface area contributed by atoms with Gasteiger partial charge in [-0.15, -0.1) is 0 Å². The van der Waals surface area contributed by atoms with Gasteiger partial charge in [0.15, 0.2) is 5.78 Å². The number of piperazine rings is 1. The van der Waals surface area contributed by atoms with Crippen molar-refractivity contribution in [2.24, 2.45) is 0 Å². The molecule has 1 fully saturated rings. The third-order valence-corrected chi connectivity index (χ3v) is 5.83. The van der Waals surface area contributed by atoms with Crippen LogP contribution in [0.3, 0.4) is 0 Å². The molecule has 184 valence electrons. The topological polar surface area (TPSA) is 83.0 Å². The van der Waals surface area contributed by atoms with Gasteiger partial charge >= 0.3 is 0 Å². The number of aromatic nitrogens is 1. The second-order valence-electron chi connectivity index (χ2n) is 8.36. The van der Waals surface area contributed by atoms with Gasteiger partial charge < -0.3 is 19.6 Å². The van der Waals surface area contributed by atoms with Gasteiger partial charge in [-0.25, -0.2) is 4.98 Å². The molecule has 0 spiro atoms. The smallest absolute Gasteiger partial charge is 0.246 e. The van der Waals surface area contributed by atoms with Gasteiger partial charge in [0.2, 0.25) is 5.91 Å². The van der Waals surface area contributed by atoms with Crippen LogP contribution in [-0.4, -0.2) is 59.5 Å². The standard InChI is InChI=1S/C29H29N3O4/c33-21-27(34)13-9-24-7-4-8-25(30-24)10-16-29(35)32-19-17-31(18-20-32)26-11-14-28(15-12-26)36-22-23-5-2-1-3-6-23/h1-16,33H,17-22H2/b13-9+,16-10+. The highest BCUT2D eigenvalue weighted by Crippen LogP contribution is 2.21. The van der Waals surface area contributed by atoms with Gasteiger partial charge in [-0.3, -0.25) is 9.59 Å². The molecule has 4 rings (SSSR count). The number of ether oxygens (including phenoxy) is 1. The Kier molecular flexibility index (Phi) is 8.62. The first-order valence-corrected chi connectivity index (χ1v) is 11.9. The minimum Gasteiger partial charge on any atom is -0.489 e. The van der Waals surface area contributed by atoms with Crippen LogP contribution in [0.15, 0.2) is 84.9 Å². The molecule has 0 atom stereocenters. The van der Waals surface area contributed by atoms with Crippen molar-refractivity contribution in [3.63, 3.8) is 0 Å². The molecule has 0 bridgehead atoms. The second kappa shape index (κ2) is 12.5. The number of hydrogen-bond acceptors (Lipinski definition) is 6. The lowest BCUT2D eigenvalue weighted by atomic mass is 10.2. The summed E-state index contributed by atoms with van der Waals surface area (Å²) in [6.07, 6.45) is 6.03. The minimum atomic E-state index is -0.535. The van der Waals surface area contributed by atoms with E-state index in [2.05, 4.69) is 22.0 Å². The number of pyridine rings is 1. The second-order valence-corrected chi connectivity index (χ2v) is 8.36. The van der Waals surface area contributed by atoms with E-state index < -0.39 is 6.61 Å². The van der Waals surface area contributed by atoms with Crippen LogP contribution in [-0.2, 0) is 16.2 Å². The molecule has 2 aromatic carbocycles. The van der Waals surface area contributed by atoms with Crippen LogP contribution in [0.1, 0.15) is 17.0 Å². The summed E-state index contributed by atoms with van der Waals surface area (Å²) in [7, 11) is 0. The summed E-state index contributed by atoms with van der Waals surface area (Å²) in [5.41, 5.74) is 3.44. The maximum atomic E-state index is 12.7. The van der Waals surface area contributed by atoms with Crippen molar-refractivity contribution >= 4 is 29.5 Å². The van der Waals surface area contributed by atoms with Crippen LogP contribution >= 0.6 is 0 Å². The molecule has 1 N–H and O–H groups in total. The molecule has 1 aliphatic rings. The Morgan fingerprint density at radius 1 is 0.833 bits per heavy atom. The number of aliphatic hydroxyl groups excluding tert-OH is 1. The van der Waals surface area contributed by atoms with Crippen molar-refractivity contribution in [2.75, 3.05) is 37.7 Å². The fraction of sp³-hybridized carbons (Fsp3) is 0.207. The number of anilines is 1. The molecule has 3 aromatic rings. The molecule has 2 heterocycles. The summed E-state index contributed by atoms with van der Waals surface area (Å²) < 4.78 is 5.87. The predicted molar refractivity (Wildman–Crippen MR) is 140 cm³/mol. The summed E-state index contributed by atoms with van der Waals surface area (Å²) in [4.78, 5) is 32.4. The number of ketones is 1. The first-order valence-electron chi connectivity index (χ1n) is 11.9. The van der Waals surface area contributed by atoms with Crippen LogP contribution < -0.4 is 9.64 Å². The Morgan fingerprint density at radius 2 is 1.50 bits per heavy atom. The maximum absolute atomic E-state index is 12.7. The molecule has 1 aliphatic heterocycles. The SMILES string of the molecule is O=C(/C=C/c1cccc(/C=C/C(=O)N2CCN(c3ccc(OCc4ccccc4)cc3)CC2)n1)CO.